The van der Waals surface area contributed by atoms with Crippen LogP contribution >= 0.6 is 15.9 Å². The van der Waals surface area contributed by atoms with Gasteiger partial charge in [0, 0.05) is 28.3 Å². The summed E-state index contributed by atoms with van der Waals surface area (Å²) in [6.07, 6.45) is 0.180. The Kier molecular flexibility index (Phi) is 6.51. The number of alkyl halides is 2. The van der Waals surface area contributed by atoms with E-state index in [1.165, 1.54) is 0 Å². The number of hydrogen-bond donors (Lipinski definition) is 0. The molecule has 0 aliphatic heterocycles. The lowest BCUT2D eigenvalue weighted by Crippen LogP contribution is -2.13. The quantitative estimate of drug-likeness (QED) is 0.360. The number of aryl methyl sites for hydroxylation is 1. The van der Waals surface area contributed by atoms with E-state index >= 15 is 0 Å². The number of benzene rings is 2. The van der Waals surface area contributed by atoms with Gasteiger partial charge in [-0.25, -0.2) is 8.78 Å². The highest BCUT2D eigenvalue weighted by atomic mass is 79.9. The summed E-state index contributed by atoms with van der Waals surface area (Å²) >= 11 is 3.49. The molecule has 170 valence electrons. The standard InChI is InChI=1S/C24H25BrF2N2O3/c1-3-31-23(30)12-18-15(2)5-4-6-22(18)32-14-20-19-11-16(25)7-8-21(19)29(28-20)17-9-10-24(26,27)13-17/h4-8,11,17H,3,9-10,12-14H2,1-2H3. The van der Waals surface area contributed by atoms with Gasteiger partial charge < -0.3 is 9.47 Å². The van der Waals surface area contributed by atoms with Crippen LogP contribution in [0.15, 0.2) is 40.9 Å². The first-order valence-corrected chi connectivity index (χ1v) is 11.5. The molecule has 2 aromatic carbocycles. The molecule has 0 amide bonds. The zero-order valence-corrected chi connectivity index (χ0v) is 19.6. The summed E-state index contributed by atoms with van der Waals surface area (Å²) < 4.78 is 41.5. The Bertz CT molecular complexity index is 1150. The molecule has 1 heterocycles. The highest BCUT2D eigenvalue weighted by Crippen LogP contribution is 2.43. The second-order valence-corrected chi connectivity index (χ2v) is 9.04. The van der Waals surface area contributed by atoms with Crippen molar-refractivity contribution in [2.45, 2.75) is 58.1 Å². The number of hydrogen-bond acceptors (Lipinski definition) is 4. The number of nitrogens with zero attached hydrogens (tertiary/aromatic N) is 2. The predicted molar refractivity (Wildman–Crippen MR) is 121 cm³/mol. The molecule has 1 atom stereocenters. The molecule has 1 aromatic heterocycles. The van der Waals surface area contributed by atoms with Crippen LogP contribution in [0.1, 0.15) is 49.0 Å². The van der Waals surface area contributed by atoms with Crippen molar-refractivity contribution in [3.05, 3.63) is 57.7 Å². The van der Waals surface area contributed by atoms with E-state index in [-0.39, 0.29) is 37.9 Å². The van der Waals surface area contributed by atoms with Crippen LogP contribution in [0.4, 0.5) is 8.78 Å². The number of esters is 1. The molecule has 1 aliphatic rings. The van der Waals surface area contributed by atoms with Crippen LogP contribution in [0.25, 0.3) is 10.9 Å². The lowest BCUT2D eigenvalue weighted by Gasteiger charge is -2.13. The second kappa shape index (κ2) is 9.17. The first-order chi connectivity index (χ1) is 15.3. The molecule has 32 heavy (non-hydrogen) atoms. The number of fused-ring (bicyclic) bond motifs is 1. The van der Waals surface area contributed by atoms with Crippen LogP contribution < -0.4 is 4.74 Å². The number of halogens is 3. The van der Waals surface area contributed by atoms with Crippen LogP contribution in [0.2, 0.25) is 0 Å². The van der Waals surface area contributed by atoms with Crippen molar-refractivity contribution in [3.8, 4) is 5.75 Å². The molecule has 0 bridgehead atoms. The maximum atomic E-state index is 13.9. The Morgan fingerprint density at radius 3 is 2.84 bits per heavy atom. The summed E-state index contributed by atoms with van der Waals surface area (Å²) in [4.78, 5) is 12.0. The Balaban J connectivity index is 1.63. The molecule has 5 nitrogen and oxygen atoms in total. The molecule has 3 aromatic rings. The summed E-state index contributed by atoms with van der Waals surface area (Å²) in [5.74, 6) is -2.38. The molecule has 1 unspecified atom stereocenters. The molecule has 1 aliphatic carbocycles. The largest absolute Gasteiger partial charge is 0.487 e. The van der Waals surface area contributed by atoms with Crippen molar-refractivity contribution < 1.29 is 23.0 Å². The Morgan fingerprint density at radius 2 is 2.12 bits per heavy atom. The number of ether oxygens (including phenoxy) is 2. The van der Waals surface area contributed by atoms with E-state index in [2.05, 4.69) is 21.0 Å². The lowest BCUT2D eigenvalue weighted by atomic mass is 10.0. The van der Waals surface area contributed by atoms with E-state index in [0.29, 0.717) is 24.5 Å². The molecule has 8 heteroatoms. The fraction of sp³-hybridized carbons (Fsp3) is 0.417. The molecule has 1 saturated carbocycles. The van der Waals surface area contributed by atoms with Gasteiger partial charge in [0.25, 0.3) is 0 Å². The van der Waals surface area contributed by atoms with E-state index in [9.17, 15) is 13.6 Å². The fourth-order valence-corrected chi connectivity index (χ4v) is 4.60. The lowest BCUT2D eigenvalue weighted by molar-refractivity contribution is -0.142. The third-order valence-corrected chi connectivity index (χ3v) is 6.32. The first-order valence-electron chi connectivity index (χ1n) is 10.7. The monoisotopic (exact) mass is 506 g/mol. The van der Waals surface area contributed by atoms with Crippen molar-refractivity contribution in [3.63, 3.8) is 0 Å². The van der Waals surface area contributed by atoms with E-state index in [0.717, 1.165) is 26.5 Å². The van der Waals surface area contributed by atoms with Crippen LogP contribution in [0.5, 0.6) is 5.75 Å². The van der Waals surface area contributed by atoms with Gasteiger partial charge in [0.15, 0.2) is 0 Å². The SMILES string of the molecule is CCOC(=O)Cc1c(C)cccc1OCc1nn(C2CCC(F)(F)C2)c2ccc(Br)cc12. The van der Waals surface area contributed by atoms with Crippen molar-refractivity contribution in [1.29, 1.82) is 0 Å². The van der Waals surface area contributed by atoms with Gasteiger partial charge >= 0.3 is 5.97 Å². The van der Waals surface area contributed by atoms with Gasteiger partial charge in [0.05, 0.1) is 24.6 Å². The van der Waals surface area contributed by atoms with Crippen molar-refractivity contribution in [2.24, 2.45) is 0 Å². The zero-order valence-electron chi connectivity index (χ0n) is 18.0. The van der Waals surface area contributed by atoms with Gasteiger partial charge in [-0.15, -0.1) is 0 Å². The van der Waals surface area contributed by atoms with Crippen LogP contribution in [0, 0.1) is 6.92 Å². The molecule has 0 radical (unpaired) electrons. The fourth-order valence-electron chi connectivity index (χ4n) is 4.24. The third kappa shape index (κ3) is 4.80. The number of rotatable bonds is 7. The zero-order chi connectivity index (χ0) is 22.9. The Morgan fingerprint density at radius 1 is 1.31 bits per heavy atom. The first kappa shape index (κ1) is 22.7. The minimum Gasteiger partial charge on any atom is -0.487 e. The van der Waals surface area contributed by atoms with Gasteiger partial charge in [-0.2, -0.15) is 5.10 Å². The second-order valence-electron chi connectivity index (χ2n) is 8.13. The predicted octanol–water partition coefficient (Wildman–Crippen LogP) is 6.15. The highest BCUT2D eigenvalue weighted by Gasteiger charge is 2.41. The Hall–Kier alpha value is -2.48. The maximum absolute atomic E-state index is 13.9. The summed E-state index contributed by atoms with van der Waals surface area (Å²) in [5.41, 5.74) is 3.18. The molecule has 4 rings (SSSR count). The summed E-state index contributed by atoms with van der Waals surface area (Å²) in [5, 5.41) is 5.54. The molecule has 0 N–H and O–H groups in total. The van der Waals surface area contributed by atoms with E-state index in [4.69, 9.17) is 9.47 Å². The van der Waals surface area contributed by atoms with Gasteiger partial charge in [-0.05, 0) is 50.1 Å². The van der Waals surface area contributed by atoms with E-state index < -0.39 is 5.92 Å². The van der Waals surface area contributed by atoms with Crippen molar-refractivity contribution in [2.75, 3.05) is 6.61 Å². The number of aromatic nitrogens is 2. The summed E-state index contributed by atoms with van der Waals surface area (Å²) in [6, 6.07) is 11.0. The Labute approximate surface area is 193 Å². The average molecular weight is 507 g/mol. The van der Waals surface area contributed by atoms with Crippen molar-refractivity contribution >= 4 is 32.8 Å². The summed E-state index contributed by atoms with van der Waals surface area (Å²) in [6.45, 7) is 4.16. The number of carbonyl (C=O) groups excluding carboxylic acids is 1. The molecular weight excluding hydrogens is 482 g/mol. The van der Waals surface area contributed by atoms with Crippen molar-refractivity contribution in [1.82, 2.24) is 9.78 Å². The van der Waals surface area contributed by atoms with Crippen LogP contribution in [-0.4, -0.2) is 28.3 Å². The van der Waals surface area contributed by atoms with Gasteiger partial charge in [0.1, 0.15) is 18.1 Å². The van der Waals surface area contributed by atoms with Gasteiger partial charge in [0.2, 0.25) is 5.92 Å². The molecule has 1 fully saturated rings. The third-order valence-electron chi connectivity index (χ3n) is 5.83. The summed E-state index contributed by atoms with van der Waals surface area (Å²) in [7, 11) is 0. The topological polar surface area (TPSA) is 53.4 Å². The minimum absolute atomic E-state index is 0.119. The number of carbonyl (C=O) groups is 1. The molecule has 0 spiro atoms. The van der Waals surface area contributed by atoms with E-state index in [1.807, 2.05) is 43.3 Å². The van der Waals surface area contributed by atoms with Crippen LogP contribution in [0.3, 0.4) is 0 Å². The molecule has 0 saturated heterocycles. The maximum Gasteiger partial charge on any atom is 0.310 e. The van der Waals surface area contributed by atoms with E-state index in [1.54, 1.807) is 11.6 Å². The highest BCUT2D eigenvalue weighted by molar-refractivity contribution is 9.10. The molecular formula is C24H25BrF2N2O3. The van der Waals surface area contributed by atoms with Gasteiger partial charge in [-0.3, -0.25) is 9.48 Å². The van der Waals surface area contributed by atoms with Gasteiger partial charge in [-0.1, -0.05) is 28.1 Å². The van der Waals surface area contributed by atoms with Crippen LogP contribution in [-0.2, 0) is 22.6 Å². The smallest absolute Gasteiger partial charge is 0.310 e. The average Bonchev–Trinajstić information content (AvgIpc) is 3.28. The normalized spacial score (nSPS) is 17.6. The minimum atomic E-state index is -2.65.